The Morgan fingerprint density at radius 2 is 1.54 bits per heavy atom. The van der Waals surface area contributed by atoms with Crippen molar-refractivity contribution in [1.82, 2.24) is 19.7 Å². The Balaban J connectivity index is 1.37. The first-order valence-electron chi connectivity index (χ1n) is 11.0. The summed E-state index contributed by atoms with van der Waals surface area (Å²) in [5.41, 5.74) is 3.25. The van der Waals surface area contributed by atoms with Crippen LogP contribution in [0.15, 0.2) is 71.7 Å². The minimum absolute atomic E-state index is 0.138. The first-order valence-corrected chi connectivity index (χ1v) is 11.4. The Morgan fingerprint density at radius 1 is 0.857 bits per heavy atom. The zero-order valence-corrected chi connectivity index (χ0v) is 19.0. The van der Waals surface area contributed by atoms with Gasteiger partial charge in [-0.15, -0.1) is 10.2 Å². The number of carbonyl (C=O) groups excluding carboxylic acids is 2. The maximum Gasteiger partial charge on any atom is 0.261 e. The zero-order valence-electron chi connectivity index (χ0n) is 18.3. The first kappa shape index (κ1) is 21.4. The monoisotopic (exact) mass is 485 g/mol. The number of imide groups is 1. The Kier molecular flexibility index (Phi) is 5.04. The lowest BCUT2D eigenvalue weighted by Gasteiger charge is -2.16. The third-order valence-electron chi connectivity index (χ3n) is 6.20. The number of amides is 2. The fourth-order valence-electron chi connectivity index (χ4n) is 4.56. The standard InChI is InChI=1S/C26H17ClFN5O2/c27-20-8-4-3-7-18(20)24-19-13-15(28)9-10-21(19)33-22(30-31-23(33)14-29-24)11-12-32-25(34)16-5-1-2-6-17(16)26(32)35/h1-10,13H,11-12,14H2. The molecule has 0 radical (unpaired) electrons. The van der Waals surface area contributed by atoms with Gasteiger partial charge in [-0.25, -0.2) is 4.39 Å². The van der Waals surface area contributed by atoms with Crippen molar-refractivity contribution in [2.24, 2.45) is 4.99 Å². The first-order chi connectivity index (χ1) is 17.0. The van der Waals surface area contributed by atoms with Crippen LogP contribution in [-0.2, 0) is 13.0 Å². The highest BCUT2D eigenvalue weighted by atomic mass is 35.5. The summed E-state index contributed by atoms with van der Waals surface area (Å²) in [4.78, 5) is 31.5. The Labute approximate surface area is 204 Å². The van der Waals surface area contributed by atoms with Gasteiger partial charge in [0.15, 0.2) is 5.82 Å². The number of benzene rings is 3. The van der Waals surface area contributed by atoms with E-state index in [0.29, 0.717) is 50.3 Å². The van der Waals surface area contributed by atoms with Crippen molar-refractivity contribution in [3.8, 4) is 5.69 Å². The SMILES string of the molecule is O=C1c2ccccc2C(=O)N1CCc1nnc2n1-c1ccc(F)cc1C(c1ccccc1Cl)=NC2. The van der Waals surface area contributed by atoms with Gasteiger partial charge in [0.05, 0.1) is 22.5 Å². The van der Waals surface area contributed by atoms with Crippen molar-refractivity contribution >= 4 is 29.1 Å². The number of hydrogen-bond acceptors (Lipinski definition) is 5. The average molecular weight is 486 g/mol. The summed E-state index contributed by atoms with van der Waals surface area (Å²) in [6, 6.07) is 18.5. The second kappa shape index (κ2) is 8.25. The van der Waals surface area contributed by atoms with Gasteiger partial charge in [-0.1, -0.05) is 41.9 Å². The number of rotatable bonds is 4. The van der Waals surface area contributed by atoms with E-state index in [0.717, 1.165) is 0 Å². The van der Waals surface area contributed by atoms with Crippen molar-refractivity contribution < 1.29 is 14.0 Å². The van der Waals surface area contributed by atoms with Crippen LogP contribution in [0.25, 0.3) is 5.69 Å². The lowest BCUT2D eigenvalue weighted by atomic mass is 10.00. The maximum atomic E-state index is 14.4. The van der Waals surface area contributed by atoms with E-state index in [1.54, 1.807) is 36.4 Å². The topological polar surface area (TPSA) is 80.5 Å². The number of halogens is 2. The summed E-state index contributed by atoms with van der Waals surface area (Å²) in [7, 11) is 0. The summed E-state index contributed by atoms with van der Waals surface area (Å²) in [6.07, 6.45) is 0.275. The van der Waals surface area contributed by atoms with Crippen LogP contribution in [0.3, 0.4) is 0 Å². The van der Waals surface area contributed by atoms with Crippen molar-refractivity contribution in [2.45, 2.75) is 13.0 Å². The number of nitrogens with zero attached hydrogens (tertiary/aromatic N) is 5. The van der Waals surface area contributed by atoms with Crippen molar-refractivity contribution in [3.05, 3.63) is 111 Å². The molecule has 0 bridgehead atoms. The summed E-state index contributed by atoms with van der Waals surface area (Å²) in [5.74, 6) is 0.0472. The number of carbonyl (C=O) groups is 2. The molecule has 0 saturated carbocycles. The highest BCUT2D eigenvalue weighted by Gasteiger charge is 2.35. The van der Waals surface area contributed by atoms with Gasteiger partial charge >= 0.3 is 0 Å². The van der Waals surface area contributed by atoms with E-state index in [4.69, 9.17) is 16.6 Å². The van der Waals surface area contributed by atoms with E-state index in [1.807, 2.05) is 22.8 Å². The van der Waals surface area contributed by atoms with Crippen molar-refractivity contribution in [1.29, 1.82) is 0 Å². The van der Waals surface area contributed by atoms with E-state index < -0.39 is 5.82 Å². The molecule has 3 aromatic carbocycles. The predicted molar refractivity (Wildman–Crippen MR) is 128 cm³/mol. The molecular weight excluding hydrogens is 469 g/mol. The van der Waals surface area contributed by atoms with Gasteiger partial charge in [-0.05, 0) is 36.4 Å². The molecule has 3 heterocycles. The minimum Gasteiger partial charge on any atom is -0.281 e. The lowest BCUT2D eigenvalue weighted by molar-refractivity contribution is 0.0655. The van der Waals surface area contributed by atoms with Gasteiger partial charge in [0.2, 0.25) is 0 Å². The molecule has 9 heteroatoms. The third kappa shape index (κ3) is 3.45. The molecule has 0 N–H and O–H groups in total. The van der Waals surface area contributed by atoms with Gasteiger partial charge < -0.3 is 0 Å². The summed E-state index contributed by atoms with van der Waals surface area (Å²) in [5, 5.41) is 9.12. The fourth-order valence-corrected chi connectivity index (χ4v) is 4.79. The maximum absolute atomic E-state index is 14.4. The van der Waals surface area contributed by atoms with Gasteiger partial charge in [-0.3, -0.25) is 24.0 Å². The Morgan fingerprint density at radius 3 is 2.26 bits per heavy atom. The van der Waals surface area contributed by atoms with Crippen LogP contribution in [0.2, 0.25) is 5.02 Å². The molecule has 0 atom stereocenters. The summed E-state index contributed by atoms with van der Waals surface area (Å²) >= 11 is 6.44. The molecule has 35 heavy (non-hydrogen) atoms. The second-order valence-corrected chi connectivity index (χ2v) is 8.64. The molecule has 0 spiro atoms. The van der Waals surface area contributed by atoms with E-state index in [2.05, 4.69) is 10.2 Å². The third-order valence-corrected chi connectivity index (χ3v) is 6.53. The predicted octanol–water partition coefficient (Wildman–Crippen LogP) is 4.25. The molecule has 7 nitrogen and oxygen atoms in total. The van der Waals surface area contributed by atoms with Crippen molar-refractivity contribution in [3.63, 3.8) is 0 Å². The molecule has 0 fully saturated rings. The molecule has 2 amide bonds. The number of fused-ring (bicyclic) bond motifs is 4. The van der Waals surface area contributed by atoms with Crippen LogP contribution >= 0.6 is 11.6 Å². The number of hydrogen-bond donors (Lipinski definition) is 0. The van der Waals surface area contributed by atoms with Gasteiger partial charge in [0.25, 0.3) is 11.8 Å². The molecule has 2 aliphatic rings. The van der Waals surface area contributed by atoms with Crippen LogP contribution in [-0.4, -0.2) is 43.7 Å². The largest absolute Gasteiger partial charge is 0.281 e. The number of aromatic nitrogens is 3. The van der Waals surface area contributed by atoms with Gasteiger partial charge in [0, 0.05) is 29.1 Å². The zero-order chi connectivity index (χ0) is 24.1. The molecule has 0 unspecified atom stereocenters. The number of aliphatic imine (C=N–C) groups is 1. The van der Waals surface area contributed by atoms with Crippen LogP contribution < -0.4 is 0 Å². The highest BCUT2D eigenvalue weighted by molar-refractivity contribution is 6.35. The molecule has 4 aromatic rings. The normalized spacial score (nSPS) is 14.3. The molecule has 2 aliphatic heterocycles. The van der Waals surface area contributed by atoms with Gasteiger partial charge in [0.1, 0.15) is 18.2 Å². The Hall–Kier alpha value is -4.17. The fraction of sp³-hybridized carbons (Fsp3) is 0.115. The molecule has 0 aliphatic carbocycles. The summed E-state index contributed by atoms with van der Waals surface area (Å²) in [6.45, 7) is 0.343. The quantitative estimate of drug-likeness (QED) is 0.405. The van der Waals surface area contributed by atoms with E-state index >= 15 is 0 Å². The van der Waals surface area contributed by atoms with E-state index in [1.165, 1.54) is 17.0 Å². The average Bonchev–Trinajstić information content (AvgIpc) is 3.32. The lowest BCUT2D eigenvalue weighted by Crippen LogP contribution is -2.32. The molecule has 0 saturated heterocycles. The molecule has 172 valence electrons. The van der Waals surface area contributed by atoms with Crippen LogP contribution in [0.5, 0.6) is 0 Å². The second-order valence-electron chi connectivity index (χ2n) is 8.23. The molecular formula is C26H17ClFN5O2. The molecule has 6 rings (SSSR count). The summed E-state index contributed by atoms with van der Waals surface area (Å²) < 4.78 is 16.2. The Bertz CT molecular complexity index is 1530. The van der Waals surface area contributed by atoms with Gasteiger partial charge in [-0.2, -0.15) is 0 Å². The van der Waals surface area contributed by atoms with E-state index in [-0.39, 0.29) is 31.3 Å². The van der Waals surface area contributed by atoms with Crippen LogP contribution in [0.1, 0.15) is 43.5 Å². The van der Waals surface area contributed by atoms with Crippen LogP contribution in [0, 0.1) is 5.82 Å². The van der Waals surface area contributed by atoms with E-state index in [9.17, 15) is 14.0 Å². The smallest absolute Gasteiger partial charge is 0.261 e. The van der Waals surface area contributed by atoms with Crippen molar-refractivity contribution in [2.75, 3.05) is 6.54 Å². The van der Waals surface area contributed by atoms with Crippen LogP contribution in [0.4, 0.5) is 4.39 Å². The molecule has 1 aromatic heterocycles. The minimum atomic E-state index is -0.410. The highest BCUT2D eigenvalue weighted by Crippen LogP contribution is 2.30.